The Hall–Kier alpha value is -2.33. The van der Waals surface area contributed by atoms with Crippen LogP contribution in [0.5, 0.6) is 11.5 Å². The number of phenols is 1. The van der Waals surface area contributed by atoms with Crippen molar-refractivity contribution in [3.8, 4) is 11.5 Å². The molecule has 150 valence electrons. The van der Waals surface area contributed by atoms with Gasteiger partial charge in [0.2, 0.25) is 0 Å². The van der Waals surface area contributed by atoms with Crippen LogP contribution in [0.3, 0.4) is 0 Å². The van der Waals surface area contributed by atoms with Crippen LogP contribution in [0.15, 0.2) is 53.5 Å². The number of ether oxygens (including phenoxy) is 2. The Labute approximate surface area is 168 Å². The Morgan fingerprint density at radius 3 is 2.68 bits per heavy atom. The summed E-state index contributed by atoms with van der Waals surface area (Å²) in [6, 6.07) is 15.6. The SMILES string of the molecule is CC[C@@]1(C)C[C@](CCN=Cc2ccccc2O)(c2ccccc2OC)CCO1. The summed E-state index contributed by atoms with van der Waals surface area (Å²) in [5, 5.41) is 9.93. The molecule has 0 aliphatic carbocycles. The third-order valence-corrected chi connectivity index (χ3v) is 6.06. The van der Waals surface area contributed by atoms with Crippen molar-refractivity contribution < 1.29 is 14.6 Å². The number of nitrogens with zero attached hydrogens (tertiary/aromatic N) is 1. The van der Waals surface area contributed by atoms with Crippen LogP contribution in [0.4, 0.5) is 0 Å². The molecule has 0 radical (unpaired) electrons. The van der Waals surface area contributed by atoms with Gasteiger partial charge in [-0.25, -0.2) is 0 Å². The van der Waals surface area contributed by atoms with Gasteiger partial charge in [0.25, 0.3) is 0 Å². The minimum Gasteiger partial charge on any atom is -0.507 e. The van der Waals surface area contributed by atoms with Crippen LogP contribution in [0.2, 0.25) is 0 Å². The zero-order valence-electron chi connectivity index (χ0n) is 17.1. The fraction of sp³-hybridized carbons (Fsp3) is 0.458. The highest BCUT2D eigenvalue weighted by atomic mass is 16.5. The van der Waals surface area contributed by atoms with Crippen LogP contribution in [-0.2, 0) is 10.2 Å². The lowest BCUT2D eigenvalue weighted by Crippen LogP contribution is -2.46. The fourth-order valence-corrected chi connectivity index (χ4v) is 4.27. The smallest absolute Gasteiger partial charge is 0.124 e. The van der Waals surface area contributed by atoms with Crippen LogP contribution in [0.1, 0.15) is 50.7 Å². The molecule has 1 fully saturated rings. The molecule has 1 N–H and O–H groups in total. The van der Waals surface area contributed by atoms with Crippen molar-refractivity contribution in [1.82, 2.24) is 0 Å². The van der Waals surface area contributed by atoms with Crippen molar-refractivity contribution in [3.05, 3.63) is 59.7 Å². The molecule has 0 bridgehead atoms. The lowest BCUT2D eigenvalue weighted by atomic mass is 9.66. The van der Waals surface area contributed by atoms with Gasteiger partial charge < -0.3 is 14.6 Å². The zero-order chi connectivity index (χ0) is 20.0. The second-order valence-electron chi connectivity index (χ2n) is 7.90. The van der Waals surface area contributed by atoms with Gasteiger partial charge in [0.1, 0.15) is 11.5 Å². The second-order valence-corrected chi connectivity index (χ2v) is 7.90. The van der Waals surface area contributed by atoms with Gasteiger partial charge in [0.15, 0.2) is 0 Å². The topological polar surface area (TPSA) is 51.1 Å². The van der Waals surface area contributed by atoms with E-state index in [0.29, 0.717) is 6.54 Å². The number of hydrogen-bond acceptors (Lipinski definition) is 4. The molecular formula is C24H31NO3. The van der Waals surface area contributed by atoms with Crippen molar-refractivity contribution >= 4 is 6.21 Å². The number of hydrogen-bond donors (Lipinski definition) is 1. The summed E-state index contributed by atoms with van der Waals surface area (Å²) in [7, 11) is 1.74. The van der Waals surface area contributed by atoms with Crippen LogP contribution >= 0.6 is 0 Å². The standard InChI is InChI=1S/C24H31NO3/c1-4-23(2)18-24(14-16-28-23,20-10-6-8-12-22(20)27-3)13-15-25-17-19-9-5-7-11-21(19)26/h5-12,17,26H,4,13-16,18H2,1-3H3/t23-,24+/m0/s1. The lowest BCUT2D eigenvalue weighted by molar-refractivity contribution is -0.0979. The van der Waals surface area contributed by atoms with Gasteiger partial charge in [-0.1, -0.05) is 37.3 Å². The Bertz CT molecular complexity index is 819. The average Bonchev–Trinajstić information content (AvgIpc) is 2.72. The van der Waals surface area contributed by atoms with E-state index in [2.05, 4.69) is 31.0 Å². The van der Waals surface area contributed by atoms with E-state index in [1.807, 2.05) is 30.3 Å². The molecule has 4 nitrogen and oxygen atoms in total. The summed E-state index contributed by atoms with van der Waals surface area (Å²) in [6.45, 7) is 5.83. The number of phenolic OH excluding ortho intramolecular Hbond substituents is 1. The zero-order valence-corrected chi connectivity index (χ0v) is 17.1. The van der Waals surface area contributed by atoms with Gasteiger partial charge in [-0.3, -0.25) is 4.99 Å². The number of aliphatic imine (C=N–C) groups is 1. The number of benzene rings is 2. The highest BCUT2D eigenvalue weighted by Crippen LogP contribution is 2.48. The predicted octanol–water partition coefficient (Wildman–Crippen LogP) is 5.13. The first-order valence-corrected chi connectivity index (χ1v) is 10.1. The quantitative estimate of drug-likeness (QED) is 0.677. The van der Waals surface area contributed by atoms with E-state index in [0.717, 1.165) is 43.6 Å². The van der Waals surface area contributed by atoms with Gasteiger partial charge in [0, 0.05) is 35.9 Å². The van der Waals surface area contributed by atoms with E-state index < -0.39 is 0 Å². The molecule has 28 heavy (non-hydrogen) atoms. The first-order valence-electron chi connectivity index (χ1n) is 10.1. The summed E-state index contributed by atoms with van der Waals surface area (Å²) in [5.41, 5.74) is 1.82. The van der Waals surface area contributed by atoms with Crippen molar-refractivity contribution in [3.63, 3.8) is 0 Å². The monoisotopic (exact) mass is 381 g/mol. The van der Waals surface area contributed by atoms with Crippen LogP contribution in [0.25, 0.3) is 0 Å². The van der Waals surface area contributed by atoms with Crippen LogP contribution < -0.4 is 4.74 Å². The fourth-order valence-electron chi connectivity index (χ4n) is 4.27. The minimum absolute atomic E-state index is 0.0360. The molecule has 0 spiro atoms. The number of rotatable bonds is 7. The predicted molar refractivity (Wildman–Crippen MR) is 114 cm³/mol. The van der Waals surface area contributed by atoms with E-state index in [9.17, 15) is 5.11 Å². The number of methoxy groups -OCH3 is 1. The molecule has 0 saturated carbocycles. The third kappa shape index (κ3) is 4.39. The lowest BCUT2D eigenvalue weighted by Gasteiger charge is -2.47. The van der Waals surface area contributed by atoms with Gasteiger partial charge in [-0.2, -0.15) is 0 Å². The summed E-state index contributed by atoms with van der Waals surface area (Å²) >= 11 is 0. The summed E-state index contributed by atoms with van der Waals surface area (Å²) in [5.74, 6) is 1.20. The van der Waals surface area contributed by atoms with Crippen LogP contribution in [-0.4, -0.2) is 37.2 Å². The Morgan fingerprint density at radius 2 is 1.93 bits per heavy atom. The summed E-state index contributed by atoms with van der Waals surface area (Å²) in [6.07, 6.45) is 5.56. The van der Waals surface area contributed by atoms with Crippen molar-refractivity contribution in [2.45, 2.75) is 50.5 Å². The third-order valence-electron chi connectivity index (χ3n) is 6.06. The van der Waals surface area contributed by atoms with Gasteiger partial charge in [0.05, 0.1) is 12.7 Å². The largest absolute Gasteiger partial charge is 0.507 e. The van der Waals surface area contributed by atoms with E-state index in [-0.39, 0.29) is 16.8 Å². The molecule has 1 heterocycles. The normalized spacial score (nSPS) is 25.1. The van der Waals surface area contributed by atoms with Crippen LogP contribution in [0, 0.1) is 0 Å². The molecule has 0 unspecified atom stereocenters. The first-order chi connectivity index (χ1) is 13.5. The first kappa shape index (κ1) is 20.4. The summed E-state index contributed by atoms with van der Waals surface area (Å²) in [4.78, 5) is 4.63. The molecule has 2 atom stereocenters. The Morgan fingerprint density at radius 1 is 1.18 bits per heavy atom. The van der Waals surface area contributed by atoms with Crippen molar-refractivity contribution in [2.24, 2.45) is 4.99 Å². The van der Waals surface area contributed by atoms with E-state index in [4.69, 9.17) is 9.47 Å². The van der Waals surface area contributed by atoms with E-state index in [1.165, 1.54) is 5.56 Å². The molecule has 2 aromatic rings. The highest BCUT2D eigenvalue weighted by Gasteiger charge is 2.44. The number of aromatic hydroxyl groups is 1. The molecule has 3 rings (SSSR count). The highest BCUT2D eigenvalue weighted by molar-refractivity contribution is 5.83. The Kier molecular flexibility index (Phi) is 6.40. The molecule has 0 amide bonds. The average molecular weight is 382 g/mol. The summed E-state index contributed by atoms with van der Waals surface area (Å²) < 4.78 is 11.8. The molecule has 1 aliphatic heterocycles. The second kappa shape index (κ2) is 8.78. The maximum atomic E-state index is 9.93. The molecule has 4 heteroatoms. The minimum atomic E-state index is -0.138. The van der Waals surface area contributed by atoms with E-state index in [1.54, 1.807) is 19.4 Å². The molecule has 2 aromatic carbocycles. The van der Waals surface area contributed by atoms with E-state index >= 15 is 0 Å². The van der Waals surface area contributed by atoms with Crippen molar-refractivity contribution in [2.75, 3.05) is 20.3 Å². The van der Waals surface area contributed by atoms with Gasteiger partial charge in [-0.05, 0) is 50.8 Å². The van der Waals surface area contributed by atoms with Gasteiger partial charge >= 0.3 is 0 Å². The molecule has 1 saturated heterocycles. The maximum absolute atomic E-state index is 9.93. The molecule has 1 aliphatic rings. The van der Waals surface area contributed by atoms with Gasteiger partial charge in [-0.15, -0.1) is 0 Å². The maximum Gasteiger partial charge on any atom is 0.124 e. The van der Waals surface area contributed by atoms with Crippen molar-refractivity contribution in [1.29, 1.82) is 0 Å². The Balaban J connectivity index is 1.86. The number of para-hydroxylation sites is 2. The molecular weight excluding hydrogens is 350 g/mol. The molecule has 0 aromatic heterocycles.